The van der Waals surface area contributed by atoms with E-state index in [2.05, 4.69) is 24.3 Å². The smallest absolute Gasteiger partial charge is 0.209 e. The highest BCUT2D eigenvalue weighted by atomic mass is 35.5. The number of halogens is 1. The molecule has 1 saturated heterocycles. The molecule has 1 aliphatic rings. The maximum absolute atomic E-state index is 12.2. The lowest BCUT2D eigenvalue weighted by Crippen LogP contribution is -2.52. The van der Waals surface area contributed by atoms with Crippen LogP contribution < -0.4 is 0 Å². The molecule has 0 aromatic heterocycles. The van der Waals surface area contributed by atoms with Crippen LogP contribution in [0.5, 0.6) is 0 Å². The first-order valence-corrected chi connectivity index (χ1v) is 11.7. The Bertz CT molecular complexity index is 1100. The van der Waals surface area contributed by atoms with Crippen molar-refractivity contribution in [2.75, 3.05) is 33.4 Å². The number of benzene rings is 3. The first-order valence-electron chi connectivity index (χ1n) is 11.4. The lowest BCUT2D eigenvalue weighted by Gasteiger charge is -2.42. The lowest BCUT2D eigenvalue weighted by molar-refractivity contribution is -0.158. The van der Waals surface area contributed by atoms with Gasteiger partial charge in [-0.25, -0.2) is 0 Å². The third-order valence-corrected chi connectivity index (χ3v) is 6.77. The molecule has 3 aromatic carbocycles. The van der Waals surface area contributed by atoms with Gasteiger partial charge in [0.05, 0.1) is 6.61 Å². The summed E-state index contributed by atoms with van der Waals surface area (Å²) in [5.74, 6) is 0. The number of unbranched alkanes of at least 4 members (excludes halogenated alkanes) is 1. The van der Waals surface area contributed by atoms with Crippen LogP contribution in [0.15, 0.2) is 60.7 Å². The number of aliphatic hydroxyl groups is 1. The number of amides is 1. The van der Waals surface area contributed by atoms with Gasteiger partial charge in [-0.3, -0.25) is 4.79 Å². The van der Waals surface area contributed by atoms with E-state index in [0.29, 0.717) is 37.7 Å². The molecular weight excluding hydrogens is 438 g/mol. The van der Waals surface area contributed by atoms with Gasteiger partial charge < -0.3 is 19.5 Å². The summed E-state index contributed by atoms with van der Waals surface area (Å²) in [6.07, 6.45) is 2.29. The summed E-state index contributed by atoms with van der Waals surface area (Å²) >= 11 is 6.76. The number of hydrogen-bond donors (Lipinski definition) is 1. The maximum atomic E-state index is 12.2. The third-order valence-electron chi connectivity index (χ3n) is 6.45. The zero-order chi connectivity index (χ0) is 23.3. The Morgan fingerprint density at radius 3 is 2.76 bits per heavy atom. The summed E-state index contributed by atoms with van der Waals surface area (Å²) in [5.41, 5.74) is 1.14. The SMILES string of the molecule is COCCCC[C@@](O)(c1cccc(Cl)c1-c1ccc2ccccc2c1)C1CN(C=O)CCO1. The summed E-state index contributed by atoms with van der Waals surface area (Å²) < 4.78 is 11.3. The fraction of sp³-hybridized carbons (Fsp3) is 0.370. The minimum absolute atomic E-state index is 0.327. The largest absolute Gasteiger partial charge is 0.385 e. The van der Waals surface area contributed by atoms with Crippen LogP contribution in [0.3, 0.4) is 0 Å². The lowest BCUT2D eigenvalue weighted by atomic mass is 9.79. The van der Waals surface area contributed by atoms with Crippen LogP contribution in [0.4, 0.5) is 0 Å². The van der Waals surface area contributed by atoms with Crippen molar-refractivity contribution in [2.45, 2.75) is 31.0 Å². The molecule has 1 N–H and O–H groups in total. The second-order valence-electron chi connectivity index (χ2n) is 8.56. The maximum Gasteiger partial charge on any atom is 0.209 e. The number of fused-ring (bicyclic) bond motifs is 1. The molecule has 1 unspecified atom stereocenters. The molecule has 4 rings (SSSR count). The number of rotatable bonds is 9. The van der Waals surface area contributed by atoms with Gasteiger partial charge in [-0.15, -0.1) is 0 Å². The Labute approximate surface area is 199 Å². The number of hydrogen-bond acceptors (Lipinski definition) is 4. The van der Waals surface area contributed by atoms with E-state index < -0.39 is 11.7 Å². The van der Waals surface area contributed by atoms with Crippen molar-refractivity contribution < 1.29 is 19.4 Å². The number of nitrogens with zero attached hydrogens (tertiary/aromatic N) is 1. The van der Waals surface area contributed by atoms with Gasteiger partial charge in [0, 0.05) is 37.4 Å². The van der Waals surface area contributed by atoms with E-state index in [9.17, 15) is 9.90 Å². The standard InChI is InChI=1S/C27H30ClNO4/c1-32-15-5-4-13-27(31,25-18-29(19-30)14-16-33-25)23-9-6-10-24(28)26(23)22-12-11-20-7-2-3-8-21(20)17-22/h2-3,6-12,17,19,25,31H,4-5,13-16,18H2,1H3/t25?,27-/m1/s1. The normalized spacial score (nSPS) is 18.3. The molecule has 1 aliphatic heterocycles. The predicted molar refractivity (Wildman–Crippen MR) is 131 cm³/mol. The molecule has 1 amide bonds. The van der Waals surface area contributed by atoms with Crippen molar-refractivity contribution in [3.05, 3.63) is 71.2 Å². The highest BCUT2D eigenvalue weighted by Crippen LogP contribution is 2.43. The van der Waals surface area contributed by atoms with Gasteiger partial charge in [-0.05, 0) is 53.3 Å². The Balaban J connectivity index is 1.80. The molecule has 1 fully saturated rings. The minimum atomic E-state index is -1.32. The summed E-state index contributed by atoms with van der Waals surface area (Å²) in [5, 5.41) is 15.0. The summed E-state index contributed by atoms with van der Waals surface area (Å²) in [6.45, 7) is 1.85. The first kappa shape index (κ1) is 23.7. The van der Waals surface area contributed by atoms with Crippen LogP contribution >= 0.6 is 11.6 Å². The average Bonchev–Trinajstić information content (AvgIpc) is 2.86. The van der Waals surface area contributed by atoms with Crippen molar-refractivity contribution in [2.24, 2.45) is 0 Å². The van der Waals surface area contributed by atoms with Gasteiger partial charge in [0.25, 0.3) is 0 Å². The first-order chi connectivity index (χ1) is 16.1. The van der Waals surface area contributed by atoms with Gasteiger partial charge in [0.15, 0.2) is 0 Å². The van der Waals surface area contributed by atoms with E-state index in [4.69, 9.17) is 21.1 Å². The molecule has 33 heavy (non-hydrogen) atoms. The summed E-state index contributed by atoms with van der Waals surface area (Å²) in [7, 11) is 1.67. The minimum Gasteiger partial charge on any atom is -0.385 e. The molecule has 1 heterocycles. The number of carbonyl (C=O) groups excluding carboxylic acids is 1. The molecular formula is C27H30ClNO4. The fourth-order valence-corrected chi connectivity index (χ4v) is 4.97. The molecule has 0 bridgehead atoms. The van der Waals surface area contributed by atoms with E-state index >= 15 is 0 Å². The third kappa shape index (κ3) is 5.07. The highest BCUT2D eigenvalue weighted by Gasteiger charge is 2.43. The van der Waals surface area contributed by atoms with Gasteiger partial charge >= 0.3 is 0 Å². The van der Waals surface area contributed by atoms with Crippen molar-refractivity contribution in [3.63, 3.8) is 0 Å². The number of morpholine rings is 1. The molecule has 3 aromatic rings. The quantitative estimate of drug-likeness (QED) is 0.354. The molecule has 0 aliphatic carbocycles. The van der Waals surface area contributed by atoms with Crippen LogP contribution in [0.2, 0.25) is 5.02 Å². The number of carbonyl (C=O) groups is 1. The molecule has 0 saturated carbocycles. The molecule has 0 radical (unpaired) electrons. The van der Waals surface area contributed by atoms with Crippen molar-refractivity contribution in [1.29, 1.82) is 0 Å². The van der Waals surface area contributed by atoms with E-state index in [1.165, 1.54) is 0 Å². The molecule has 174 valence electrons. The van der Waals surface area contributed by atoms with Gasteiger partial charge in [0.2, 0.25) is 6.41 Å². The monoisotopic (exact) mass is 467 g/mol. The Morgan fingerprint density at radius 1 is 1.15 bits per heavy atom. The predicted octanol–water partition coefficient (Wildman–Crippen LogP) is 5.02. The molecule has 2 atom stereocenters. The van der Waals surface area contributed by atoms with Gasteiger partial charge in [0.1, 0.15) is 11.7 Å². The van der Waals surface area contributed by atoms with Crippen molar-refractivity contribution in [1.82, 2.24) is 4.90 Å². The molecule has 6 heteroatoms. The van der Waals surface area contributed by atoms with E-state index in [0.717, 1.165) is 46.7 Å². The van der Waals surface area contributed by atoms with Gasteiger partial charge in [-0.1, -0.05) is 60.1 Å². The molecule has 5 nitrogen and oxygen atoms in total. The fourth-order valence-electron chi connectivity index (χ4n) is 4.69. The van der Waals surface area contributed by atoms with E-state index in [1.54, 1.807) is 12.0 Å². The van der Waals surface area contributed by atoms with Crippen LogP contribution in [-0.2, 0) is 19.9 Å². The van der Waals surface area contributed by atoms with Crippen molar-refractivity contribution in [3.8, 4) is 11.1 Å². The van der Waals surface area contributed by atoms with Crippen LogP contribution in [0.1, 0.15) is 24.8 Å². The van der Waals surface area contributed by atoms with E-state index in [-0.39, 0.29) is 0 Å². The Kier molecular flexibility index (Phi) is 7.66. The number of ether oxygens (including phenoxy) is 2. The van der Waals surface area contributed by atoms with Crippen LogP contribution in [-0.4, -0.2) is 55.9 Å². The Morgan fingerprint density at radius 2 is 1.97 bits per heavy atom. The average molecular weight is 468 g/mol. The second kappa shape index (κ2) is 10.7. The van der Waals surface area contributed by atoms with Gasteiger partial charge in [-0.2, -0.15) is 0 Å². The van der Waals surface area contributed by atoms with Crippen molar-refractivity contribution >= 4 is 28.8 Å². The Hall–Kier alpha value is -2.44. The summed E-state index contributed by atoms with van der Waals surface area (Å²) in [4.78, 5) is 13.1. The van der Waals surface area contributed by atoms with Crippen LogP contribution in [0, 0.1) is 0 Å². The zero-order valence-electron chi connectivity index (χ0n) is 18.9. The molecule has 0 spiro atoms. The highest BCUT2D eigenvalue weighted by molar-refractivity contribution is 6.33. The van der Waals surface area contributed by atoms with Crippen LogP contribution in [0.25, 0.3) is 21.9 Å². The van der Waals surface area contributed by atoms with E-state index in [1.807, 2.05) is 36.4 Å². The summed E-state index contributed by atoms with van der Waals surface area (Å²) in [6, 6.07) is 20.0. The number of methoxy groups -OCH3 is 1. The second-order valence-corrected chi connectivity index (χ2v) is 8.97. The zero-order valence-corrected chi connectivity index (χ0v) is 19.6. The topological polar surface area (TPSA) is 59.0 Å².